The Hall–Kier alpha value is -3.43. The van der Waals surface area contributed by atoms with Crippen molar-refractivity contribution >= 4 is 87.9 Å². The van der Waals surface area contributed by atoms with Gasteiger partial charge in [-0.05, 0) is 43.3 Å². The molecule has 206 valence electrons. The lowest BCUT2D eigenvalue weighted by atomic mass is 10.1. The molecular weight excluding hydrogens is 584 g/mol. The van der Waals surface area contributed by atoms with Crippen LogP contribution in [0.4, 0.5) is 21.9 Å². The maximum Gasteiger partial charge on any atom is 0.319 e. The molecule has 0 aliphatic rings. The lowest BCUT2D eigenvalue weighted by molar-refractivity contribution is -0.117. The van der Waals surface area contributed by atoms with E-state index in [0.717, 1.165) is 0 Å². The number of carbonyl (C=O) groups is 2. The van der Waals surface area contributed by atoms with Gasteiger partial charge in [-0.25, -0.2) is 9.78 Å². The first-order valence-electron chi connectivity index (χ1n) is 11.4. The van der Waals surface area contributed by atoms with E-state index in [-0.39, 0.29) is 43.9 Å². The summed E-state index contributed by atoms with van der Waals surface area (Å²) in [5.74, 6) is 0.0499. The summed E-state index contributed by atoms with van der Waals surface area (Å²) in [7, 11) is 1.62. The van der Waals surface area contributed by atoms with Crippen molar-refractivity contribution in [3.63, 3.8) is 0 Å². The molecule has 3 aromatic carbocycles. The number of para-hydroxylation sites is 1. The van der Waals surface area contributed by atoms with Gasteiger partial charge in [0.2, 0.25) is 5.91 Å². The molecule has 0 saturated carbocycles. The fourth-order valence-electron chi connectivity index (χ4n) is 3.81. The molecule has 39 heavy (non-hydrogen) atoms. The highest BCUT2D eigenvalue weighted by Gasteiger charge is 2.23. The number of amides is 3. The van der Waals surface area contributed by atoms with Gasteiger partial charge in [-0.15, -0.1) is 24.8 Å². The highest BCUT2D eigenvalue weighted by atomic mass is 35.5. The van der Waals surface area contributed by atoms with Gasteiger partial charge in [-0.1, -0.05) is 53.5 Å². The largest absolute Gasteiger partial charge is 0.485 e. The second kappa shape index (κ2) is 14.1. The van der Waals surface area contributed by atoms with Crippen molar-refractivity contribution in [2.45, 2.75) is 13.5 Å². The van der Waals surface area contributed by atoms with E-state index in [1.165, 1.54) is 4.90 Å². The zero-order chi connectivity index (χ0) is 26.5. The summed E-state index contributed by atoms with van der Waals surface area (Å²) >= 11 is 12.6. The number of hydrogen-bond donors (Lipinski definition) is 3. The van der Waals surface area contributed by atoms with Crippen molar-refractivity contribution in [2.24, 2.45) is 0 Å². The fraction of sp³-hybridized carbons (Fsp3) is 0.148. The van der Waals surface area contributed by atoms with Crippen LogP contribution in [0.1, 0.15) is 11.3 Å². The summed E-state index contributed by atoms with van der Waals surface area (Å²) in [6, 6.07) is 18.9. The Kier molecular flexibility index (Phi) is 11.5. The monoisotopic (exact) mass is 609 g/mol. The van der Waals surface area contributed by atoms with E-state index in [4.69, 9.17) is 33.7 Å². The van der Waals surface area contributed by atoms with E-state index < -0.39 is 6.03 Å². The maximum atomic E-state index is 13.2. The van der Waals surface area contributed by atoms with Gasteiger partial charge in [-0.3, -0.25) is 4.79 Å². The summed E-state index contributed by atoms with van der Waals surface area (Å²) < 4.78 is 6.17. The number of halogens is 4. The number of rotatable bonds is 7. The number of benzene rings is 3. The Morgan fingerprint density at radius 3 is 2.36 bits per heavy atom. The third kappa shape index (κ3) is 7.58. The number of ether oxygens (including phenoxy) is 1. The minimum absolute atomic E-state index is 0. The van der Waals surface area contributed by atoms with Gasteiger partial charge in [0.15, 0.2) is 5.75 Å². The van der Waals surface area contributed by atoms with E-state index in [0.29, 0.717) is 55.0 Å². The molecule has 0 bridgehead atoms. The van der Waals surface area contributed by atoms with E-state index in [1.54, 1.807) is 56.4 Å². The molecule has 0 saturated heterocycles. The van der Waals surface area contributed by atoms with Gasteiger partial charge in [0.1, 0.15) is 6.61 Å². The van der Waals surface area contributed by atoms with E-state index in [2.05, 4.69) is 15.6 Å². The number of nitrogen functional groups attached to an aromatic ring is 1. The number of fused-ring (bicyclic) bond motifs is 1. The van der Waals surface area contributed by atoms with Crippen LogP contribution < -0.4 is 26.0 Å². The van der Waals surface area contributed by atoms with Crippen LogP contribution in [0, 0.1) is 6.92 Å². The van der Waals surface area contributed by atoms with Crippen molar-refractivity contribution < 1.29 is 14.3 Å². The molecule has 0 spiro atoms. The van der Waals surface area contributed by atoms with Crippen LogP contribution in [-0.2, 0) is 11.4 Å². The van der Waals surface area contributed by atoms with Crippen molar-refractivity contribution in [3.05, 3.63) is 88.0 Å². The topological polar surface area (TPSA) is 110 Å². The predicted octanol–water partition coefficient (Wildman–Crippen LogP) is 6.64. The number of nitrogens with one attached hydrogen (secondary N) is 2. The van der Waals surface area contributed by atoms with Gasteiger partial charge >= 0.3 is 6.03 Å². The number of nitrogens with two attached hydrogens (primary N) is 1. The minimum Gasteiger partial charge on any atom is -0.485 e. The van der Waals surface area contributed by atoms with Crippen LogP contribution in [0.15, 0.2) is 66.7 Å². The van der Waals surface area contributed by atoms with E-state index in [1.807, 2.05) is 24.3 Å². The van der Waals surface area contributed by atoms with Gasteiger partial charge < -0.3 is 26.0 Å². The Bertz CT molecular complexity index is 1470. The molecule has 4 rings (SSSR count). The number of anilines is 3. The molecule has 1 aromatic heterocycles. The van der Waals surface area contributed by atoms with Crippen LogP contribution in [0.5, 0.6) is 5.75 Å². The lowest BCUT2D eigenvalue weighted by Gasteiger charge is -2.24. The number of urea groups is 1. The molecule has 4 aromatic rings. The zero-order valence-electron chi connectivity index (χ0n) is 21.0. The standard InChI is InChI=1S/C27H25Cl2N5O3.2ClH/c1-16-26(37-15-20-21(28)10-6-11-22(20)29)25(19-9-3-4-12-23(19)32-16)34(2)24(35)14-31-27(36)33-18-8-5-7-17(30)13-18;;/h3-13H,14-15,30H2,1-2H3,(H2,31,33,36);2*1H. The second-order valence-corrected chi connectivity index (χ2v) is 9.08. The molecule has 4 N–H and O–H groups in total. The summed E-state index contributed by atoms with van der Waals surface area (Å²) in [4.78, 5) is 31.6. The van der Waals surface area contributed by atoms with E-state index >= 15 is 0 Å². The molecule has 8 nitrogen and oxygen atoms in total. The smallest absolute Gasteiger partial charge is 0.319 e. The summed E-state index contributed by atoms with van der Waals surface area (Å²) in [5, 5.41) is 6.90. The molecule has 3 amide bonds. The Morgan fingerprint density at radius 1 is 1.00 bits per heavy atom. The fourth-order valence-corrected chi connectivity index (χ4v) is 4.31. The van der Waals surface area contributed by atoms with Gasteiger partial charge in [0.05, 0.1) is 23.4 Å². The zero-order valence-corrected chi connectivity index (χ0v) is 24.2. The summed E-state index contributed by atoms with van der Waals surface area (Å²) in [6.45, 7) is 1.63. The average molecular weight is 611 g/mol. The van der Waals surface area contributed by atoms with Crippen molar-refractivity contribution in [3.8, 4) is 5.75 Å². The lowest BCUT2D eigenvalue weighted by Crippen LogP contribution is -2.40. The van der Waals surface area contributed by atoms with Gasteiger partial charge in [0.25, 0.3) is 0 Å². The van der Waals surface area contributed by atoms with Crippen LogP contribution in [0.25, 0.3) is 10.9 Å². The second-order valence-electron chi connectivity index (χ2n) is 8.27. The Morgan fingerprint density at radius 2 is 1.67 bits per heavy atom. The number of aromatic nitrogens is 1. The molecular formula is C27H27Cl4N5O3. The molecule has 0 atom stereocenters. The van der Waals surface area contributed by atoms with Crippen LogP contribution in [0.3, 0.4) is 0 Å². The first-order chi connectivity index (χ1) is 17.7. The van der Waals surface area contributed by atoms with Gasteiger partial charge in [-0.2, -0.15) is 0 Å². The third-order valence-corrected chi connectivity index (χ3v) is 6.38. The predicted molar refractivity (Wildman–Crippen MR) is 163 cm³/mol. The minimum atomic E-state index is -0.534. The number of likely N-dealkylation sites (N-methyl/N-ethyl adjacent to an activating group) is 1. The number of pyridine rings is 1. The van der Waals surface area contributed by atoms with Crippen LogP contribution in [0.2, 0.25) is 10.0 Å². The Labute approximate surface area is 248 Å². The first-order valence-corrected chi connectivity index (χ1v) is 12.1. The van der Waals surface area contributed by atoms with E-state index in [9.17, 15) is 9.59 Å². The number of carbonyl (C=O) groups excluding carboxylic acids is 2. The summed E-state index contributed by atoms with van der Waals surface area (Å²) in [5.41, 5.74) is 9.21. The quantitative estimate of drug-likeness (QED) is 0.203. The molecule has 12 heteroatoms. The molecule has 0 aliphatic heterocycles. The molecule has 0 fully saturated rings. The molecule has 1 heterocycles. The highest BCUT2D eigenvalue weighted by molar-refractivity contribution is 6.36. The first kappa shape index (κ1) is 31.8. The van der Waals surface area contributed by atoms with Crippen molar-refractivity contribution in [1.29, 1.82) is 0 Å². The SMILES string of the molecule is Cc1nc2ccccc2c(N(C)C(=O)CNC(=O)Nc2cccc(N)c2)c1OCc1c(Cl)cccc1Cl.Cl.Cl. The highest BCUT2D eigenvalue weighted by Crippen LogP contribution is 2.38. The van der Waals surface area contributed by atoms with Crippen molar-refractivity contribution in [1.82, 2.24) is 10.3 Å². The molecule has 0 aliphatic carbocycles. The van der Waals surface area contributed by atoms with Crippen LogP contribution in [-0.4, -0.2) is 30.5 Å². The maximum absolute atomic E-state index is 13.2. The van der Waals surface area contributed by atoms with Gasteiger partial charge in [0, 0.05) is 39.4 Å². The van der Waals surface area contributed by atoms with Crippen molar-refractivity contribution in [2.75, 3.05) is 29.5 Å². The number of hydrogen-bond acceptors (Lipinski definition) is 5. The summed E-state index contributed by atoms with van der Waals surface area (Å²) in [6.07, 6.45) is 0. The van der Waals surface area contributed by atoms with Crippen LogP contribution >= 0.6 is 48.0 Å². The Balaban J connectivity index is 0.00000267. The number of nitrogens with zero attached hydrogens (tertiary/aromatic N) is 2. The molecule has 0 radical (unpaired) electrons. The third-order valence-electron chi connectivity index (χ3n) is 5.67. The number of aryl methyl sites for hydroxylation is 1. The molecule has 0 unspecified atom stereocenters. The average Bonchev–Trinajstić information content (AvgIpc) is 2.86. The normalized spacial score (nSPS) is 10.2.